The third-order valence-electron chi connectivity index (χ3n) is 14.8. The van der Waals surface area contributed by atoms with Crippen LogP contribution >= 0.6 is 0 Å². The number of rotatable bonds is 8. The summed E-state index contributed by atoms with van der Waals surface area (Å²) in [6.07, 6.45) is 0. The van der Waals surface area contributed by atoms with Gasteiger partial charge in [-0.05, 0) is 98.6 Å². The van der Waals surface area contributed by atoms with E-state index in [1.165, 1.54) is 97.3 Å². The molecule has 0 aliphatic carbocycles. The van der Waals surface area contributed by atoms with E-state index >= 15 is 0 Å². The summed E-state index contributed by atoms with van der Waals surface area (Å²) in [6, 6.07) is 101. The quantitative estimate of drug-likeness (QED) is 0.107. The summed E-state index contributed by atoms with van der Waals surface area (Å²) in [5, 5.41) is 12.8. The molecule has 0 aliphatic rings. The minimum absolute atomic E-state index is 1.12. The van der Waals surface area contributed by atoms with Crippen LogP contribution in [0.2, 0.25) is 0 Å². The first-order chi connectivity index (χ1) is 34.7. The van der Waals surface area contributed by atoms with Gasteiger partial charge in [-0.15, -0.1) is 0 Å². The Morgan fingerprint density at radius 2 is 0.571 bits per heavy atom. The Labute approximate surface area is 407 Å². The Morgan fingerprint density at radius 1 is 0.200 bits per heavy atom. The molecule has 3 heterocycles. The highest BCUT2D eigenvalue weighted by molar-refractivity contribution is 7.19. The highest BCUT2D eigenvalue weighted by Gasteiger charge is 2.41. The number of fused-ring (bicyclic) bond motifs is 9. The molecule has 14 aromatic rings. The van der Waals surface area contributed by atoms with Crippen LogP contribution in [0.5, 0.6) is 0 Å². The summed E-state index contributed by atoms with van der Waals surface area (Å²) in [4.78, 5) is 0. The Balaban J connectivity index is 0.992. The molecule has 328 valence electrons. The molecule has 4 heteroatoms. The van der Waals surface area contributed by atoms with Crippen molar-refractivity contribution in [2.45, 2.75) is 0 Å². The van der Waals surface area contributed by atoms with Gasteiger partial charge in [0, 0.05) is 49.4 Å². The Bertz CT molecular complexity index is 4180. The molecule has 0 radical (unpaired) electrons. The second kappa shape index (κ2) is 16.1. The van der Waals surface area contributed by atoms with Crippen LogP contribution in [0.25, 0.3) is 93.6 Å². The molecule has 14 rings (SSSR count). The summed E-state index contributed by atoms with van der Waals surface area (Å²) in [7, 11) is -2.80. The summed E-state index contributed by atoms with van der Waals surface area (Å²) in [6.45, 7) is 0. The van der Waals surface area contributed by atoms with Crippen LogP contribution in [-0.2, 0) is 0 Å². The van der Waals surface area contributed by atoms with Crippen LogP contribution in [-0.4, -0.2) is 21.8 Å². The lowest BCUT2D eigenvalue weighted by Gasteiger charge is -2.34. The molecule has 0 unspecified atom stereocenters. The topological polar surface area (TPSA) is 14.8 Å². The smallest absolute Gasteiger partial charge is 0.179 e. The van der Waals surface area contributed by atoms with Crippen LogP contribution in [0.4, 0.5) is 0 Å². The van der Waals surface area contributed by atoms with Crippen LogP contribution in [0, 0.1) is 0 Å². The summed E-state index contributed by atoms with van der Waals surface area (Å²) >= 11 is 0. The molecule has 3 nitrogen and oxygen atoms in total. The monoisotopic (exact) mass is 907 g/mol. The highest BCUT2D eigenvalue weighted by Crippen LogP contribution is 2.40. The molecule has 0 N–H and O–H groups in total. The molecular weight excluding hydrogens is 863 g/mol. The van der Waals surface area contributed by atoms with Gasteiger partial charge in [0.2, 0.25) is 0 Å². The molecule has 0 bridgehead atoms. The van der Waals surface area contributed by atoms with Crippen LogP contribution in [0.1, 0.15) is 0 Å². The number of para-hydroxylation sites is 3. The van der Waals surface area contributed by atoms with Crippen molar-refractivity contribution in [2.24, 2.45) is 0 Å². The van der Waals surface area contributed by atoms with Gasteiger partial charge in [-0.25, -0.2) is 0 Å². The van der Waals surface area contributed by atoms with Gasteiger partial charge >= 0.3 is 0 Å². The van der Waals surface area contributed by atoms with Crippen molar-refractivity contribution in [3.63, 3.8) is 0 Å². The zero-order chi connectivity index (χ0) is 46.2. The van der Waals surface area contributed by atoms with Crippen molar-refractivity contribution in [3.8, 4) is 28.2 Å². The lowest BCUT2D eigenvalue weighted by Crippen LogP contribution is -2.74. The fourth-order valence-corrected chi connectivity index (χ4v) is 16.5. The zero-order valence-electron chi connectivity index (χ0n) is 38.3. The van der Waals surface area contributed by atoms with E-state index in [4.69, 9.17) is 0 Å². The Kier molecular flexibility index (Phi) is 9.23. The van der Waals surface area contributed by atoms with Crippen molar-refractivity contribution < 1.29 is 0 Å². The maximum Gasteiger partial charge on any atom is 0.179 e. The van der Waals surface area contributed by atoms with E-state index in [0.717, 1.165) is 17.1 Å². The summed E-state index contributed by atoms with van der Waals surface area (Å²) in [5.74, 6) is 0. The maximum atomic E-state index is 2.50. The Morgan fingerprint density at radius 3 is 1.07 bits per heavy atom. The van der Waals surface area contributed by atoms with E-state index in [-0.39, 0.29) is 0 Å². The second-order valence-corrected chi connectivity index (χ2v) is 22.3. The third kappa shape index (κ3) is 6.07. The molecule has 0 atom stereocenters. The van der Waals surface area contributed by atoms with E-state index in [0.29, 0.717) is 0 Å². The Hall–Kier alpha value is -8.96. The SMILES string of the molecule is c1ccc(-c2ccc3c(c2)c2ccccc2n3-c2ccc3c4ccccc4n(-c4ccc5c6ccccc6n(-c6cccc([Si](c7ccccc7)(c7ccccc7)c7ccccc7)c6)c5c4)c3c2)cc1. The van der Waals surface area contributed by atoms with Gasteiger partial charge in [0.25, 0.3) is 0 Å². The fraction of sp³-hybridized carbons (Fsp3) is 0. The zero-order valence-corrected chi connectivity index (χ0v) is 39.3. The lowest BCUT2D eigenvalue weighted by atomic mass is 10.0. The number of hydrogen-bond acceptors (Lipinski definition) is 0. The van der Waals surface area contributed by atoms with Crippen LogP contribution in [0.15, 0.2) is 273 Å². The third-order valence-corrected chi connectivity index (χ3v) is 19.5. The molecule has 11 aromatic carbocycles. The lowest BCUT2D eigenvalue weighted by molar-refractivity contribution is 1.15. The molecule has 70 heavy (non-hydrogen) atoms. The predicted octanol–water partition coefficient (Wildman–Crippen LogP) is 14.0. The largest absolute Gasteiger partial charge is 0.309 e. The summed E-state index contributed by atoms with van der Waals surface area (Å²) < 4.78 is 7.42. The van der Waals surface area contributed by atoms with E-state index in [1.54, 1.807) is 0 Å². The van der Waals surface area contributed by atoms with E-state index in [9.17, 15) is 0 Å². The molecule has 0 fully saturated rings. The minimum Gasteiger partial charge on any atom is -0.309 e. The first-order valence-corrected chi connectivity index (χ1v) is 26.2. The molecule has 0 amide bonds. The molecule has 0 saturated heterocycles. The van der Waals surface area contributed by atoms with Crippen molar-refractivity contribution in [1.82, 2.24) is 13.7 Å². The average Bonchev–Trinajstić information content (AvgIpc) is 4.07. The van der Waals surface area contributed by atoms with E-state index in [1.807, 2.05) is 0 Å². The normalized spacial score (nSPS) is 12.0. The number of benzene rings is 11. The van der Waals surface area contributed by atoms with Gasteiger partial charge in [-0.3, -0.25) is 0 Å². The predicted molar refractivity (Wildman–Crippen MR) is 299 cm³/mol. The molecular formula is C66H45N3Si. The number of nitrogens with zero attached hydrogens (tertiary/aromatic N) is 3. The molecule has 3 aromatic heterocycles. The van der Waals surface area contributed by atoms with Gasteiger partial charge in [0.15, 0.2) is 8.07 Å². The van der Waals surface area contributed by atoms with Gasteiger partial charge in [-0.2, -0.15) is 0 Å². The number of hydrogen-bond donors (Lipinski definition) is 0. The molecule has 0 saturated carbocycles. The average molecular weight is 908 g/mol. The van der Waals surface area contributed by atoms with Crippen molar-refractivity contribution in [3.05, 3.63) is 273 Å². The van der Waals surface area contributed by atoms with Crippen molar-refractivity contribution >= 4 is 94.2 Å². The van der Waals surface area contributed by atoms with Crippen LogP contribution < -0.4 is 20.7 Å². The maximum absolute atomic E-state index is 2.80. The van der Waals surface area contributed by atoms with Gasteiger partial charge in [-0.1, -0.05) is 206 Å². The van der Waals surface area contributed by atoms with Gasteiger partial charge in [0.05, 0.1) is 33.1 Å². The number of aromatic nitrogens is 3. The van der Waals surface area contributed by atoms with Gasteiger partial charge < -0.3 is 13.7 Å². The van der Waals surface area contributed by atoms with Crippen molar-refractivity contribution in [2.75, 3.05) is 0 Å². The van der Waals surface area contributed by atoms with Crippen molar-refractivity contribution in [1.29, 1.82) is 0 Å². The molecule has 0 aliphatic heterocycles. The minimum atomic E-state index is -2.80. The first-order valence-electron chi connectivity index (χ1n) is 24.2. The van der Waals surface area contributed by atoms with Crippen LogP contribution in [0.3, 0.4) is 0 Å². The van der Waals surface area contributed by atoms with E-state index < -0.39 is 8.07 Å². The highest BCUT2D eigenvalue weighted by atomic mass is 28.3. The first kappa shape index (κ1) is 40.1. The fourth-order valence-electron chi connectivity index (χ4n) is 11.8. The standard InChI is InChI=1S/C66H45N3Si/c1-5-20-46(21-6-1)47-36-41-64-60(42-47)57-32-15-18-35-63(57)67(64)49-37-39-59-56-31-14-17-34-62(56)69(66(59)44-49)50-38-40-58-55-30-13-16-33-61(55)68(65(58)45-50)48-22-19-29-54(43-48)70(51-23-7-2-8-24-51,52-25-9-3-10-26-52)53-27-11-4-12-28-53/h1-45H. The van der Waals surface area contributed by atoms with Gasteiger partial charge in [0.1, 0.15) is 0 Å². The summed E-state index contributed by atoms with van der Waals surface area (Å²) in [5.41, 5.74) is 12.9. The molecule has 0 spiro atoms. The van der Waals surface area contributed by atoms with E-state index in [2.05, 4.69) is 287 Å². The second-order valence-electron chi connectivity index (χ2n) is 18.5.